The fourth-order valence-corrected chi connectivity index (χ4v) is 3.92. The Morgan fingerprint density at radius 2 is 2.00 bits per heavy atom. The number of carbonyl (C=O) groups excluding carboxylic acids is 1. The van der Waals surface area contributed by atoms with Gasteiger partial charge in [0.2, 0.25) is 0 Å². The number of benzene rings is 2. The van der Waals surface area contributed by atoms with Crippen molar-refractivity contribution >= 4 is 66.0 Å². The summed E-state index contributed by atoms with van der Waals surface area (Å²) in [6.45, 7) is 0.150. The highest BCUT2D eigenvalue weighted by molar-refractivity contribution is 9.11. The Morgan fingerprint density at radius 3 is 2.83 bits per heavy atom. The topological polar surface area (TPSA) is 64.4 Å². The Labute approximate surface area is 188 Å². The number of halogens is 3. The lowest BCUT2D eigenvalue weighted by Crippen LogP contribution is -2.11. The summed E-state index contributed by atoms with van der Waals surface area (Å²) in [6.07, 6.45) is 1.68. The highest BCUT2D eigenvalue weighted by Crippen LogP contribution is 2.30. The minimum atomic E-state index is -0.368. The molecule has 1 amide bonds. The summed E-state index contributed by atoms with van der Waals surface area (Å²) in [5.74, 6) is 0.849. The lowest BCUT2D eigenvalue weighted by molar-refractivity contribution is 0.0992. The molecule has 2 aromatic heterocycles. The molecule has 4 rings (SSSR count). The molecular weight excluding hydrogens is 524 g/mol. The molecule has 0 aliphatic heterocycles. The van der Waals surface area contributed by atoms with Gasteiger partial charge >= 0.3 is 0 Å². The summed E-state index contributed by atoms with van der Waals surface area (Å²) >= 11 is 13.0. The number of carbonyl (C=O) groups is 1. The molecular formula is C21H13Br2ClN2O3. The van der Waals surface area contributed by atoms with E-state index < -0.39 is 0 Å². The number of furan rings is 1. The van der Waals surface area contributed by atoms with Gasteiger partial charge in [-0.1, -0.05) is 49.5 Å². The van der Waals surface area contributed by atoms with Gasteiger partial charge < -0.3 is 14.5 Å². The van der Waals surface area contributed by atoms with Crippen molar-refractivity contribution in [3.05, 3.63) is 86.3 Å². The van der Waals surface area contributed by atoms with Gasteiger partial charge in [0.25, 0.3) is 5.91 Å². The van der Waals surface area contributed by atoms with E-state index in [2.05, 4.69) is 42.2 Å². The van der Waals surface area contributed by atoms with E-state index in [1.807, 2.05) is 24.3 Å². The van der Waals surface area contributed by atoms with Gasteiger partial charge in [-0.3, -0.25) is 9.78 Å². The molecule has 2 heterocycles. The summed E-state index contributed by atoms with van der Waals surface area (Å²) in [6, 6.07) is 16.1. The molecule has 0 spiro atoms. The van der Waals surface area contributed by atoms with Crippen molar-refractivity contribution in [1.82, 2.24) is 4.98 Å². The fourth-order valence-electron chi connectivity index (χ4n) is 2.74. The largest absolute Gasteiger partial charge is 0.484 e. The third-order valence-corrected chi connectivity index (χ3v) is 5.59. The molecule has 0 saturated carbocycles. The maximum atomic E-state index is 12.6. The van der Waals surface area contributed by atoms with Gasteiger partial charge in [0, 0.05) is 20.5 Å². The molecule has 2 aromatic carbocycles. The average molecular weight is 537 g/mol. The molecule has 0 fully saturated rings. The lowest BCUT2D eigenvalue weighted by Gasteiger charge is -2.08. The van der Waals surface area contributed by atoms with Crippen molar-refractivity contribution in [2.24, 2.45) is 0 Å². The zero-order chi connectivity index (χ0) is 20.4. The quantitative estimate of drug-likeness (QED) is 0.303. The third-order valence-electron chi connectivity index (χ3n) is 4.11. The van der Waals surface area contributed by atoms with Crippen LogP contribution in [0.4, 0.5) is 5.69 Å². The first-order valence-electron chi connectivity index (χ1n) is 8.52. The first-order valence-corrected chi connectivity index (χ1v) is 10.5. The zero-order valence-electron chi connectivity index (χ0n) is 14.8. The molecule has 0 aliphatic rings. The van der Waals surface area contributed by atoms with Crippen LogP contribution in [-0.2, 0) is 6.61 Å². The zero-order valence-corrected chi connectivity index (χ0v) is 18.7. The average Bonchev–Trinajstić information content (AvgIpc) is 3.19. The summed E-state index contributed by atoms with van der Waals surface area (Å²) in [4.78, 5) is 17.0. The minimum absolute atomic E-state index is 0.150. The fraction of sp³-hybridized carbons (Fsp3) is 0.0476. The molecule has 4 aromatic rings. The van der Waals surface area contributed by atoms with Crippen LogP contribution in [0.25, 0.3) is 10.9 Å². The van der Waals surface area contributed by atoms with Gasteiger partial charge in [-0.05, 0) is 48.5 Å². The van der Waals surface area contributed by atoms with Crippen LogP contribution in [0.1, 0.15) is 16.3 Å². The second-order valence-electron chi connectivity index (χ2n) is 6.08. The number of rotatable bonds is 5. The Hall–Kier alpha value is -2.35. The van der Waals surface area contributed by atoms with E-state index in [1.165, 1.54) is 0 Å². The highest BCUT2D eigenvalue weighted by atomic mass is 79.9. The normalized spacial score (nSPS) is 10.9. The van der Waals surface area contributed by atoms with Crippen LogP contribution in [0.15, 0.2) is 74.2 Å². The number of nitrogens with one attached hydrogen (secondary N) is 1. The van der Waals surface area contributed by atoms with Gasteiger partial charge in [-0.15, -0.1) is 0 Å². The Kier molecular flexibility index (Phi) is 5.89. The van der Waals surface area contributed by atoms with E-state index in [9.17, 15) is 4.79 Å². The molecule has 0 atom stereocenters. The van der Waals surface area contributed by atoms with Gasteiger partial charge in [0.15, 0.2) is 5.76 Å². The van der Waals surface area contributed by atoms with Crippen LogP contribution in [-0.4, -0.2) is 10.9 Å². The van der Waals surface area contributed by atoms with Crippen molar-refractivity contribution in [2.75, 3.05) is 5.32 Å². The van der Waals surface area contributed by atoms with Gasteiger partial charge in [-0.25, -0.2) is 0 Å². The summed E-state index contributed by atoms with van der Waals surface area (Å²) in [5, 5.41) is 4.24. The second-order valence-corrected chi connectivity index (χ2v) is 8.26. The molecule has 146 valence electrons. The number of hydrogen-bond donors (Lipinski definition) is 1. The highest BCUT2D eigenvalue weighted by Gasteiger charge is 2.15. The van der Waals surface area contributed by atoms with Crippen LogP contribution < -0.4 is 10.1 Å². The number of ether oxygens (including phenoxy) is 1. The number of anilines is 1. The van der Waals surface area contributed by atoms with Crippen molar-refractivity contribution in [2.45, 2.75) is 6.61 Å². The molecule has 8 heteroatoms. The molecule has 0 saturated heterocycles. The maximum absolute atomic E-state index is 12.6. The molecule has 0 aliphatic carbocycles. The van der Waals surface area contributed by atoms with Crippen molar-refractivity contribution < 1.29 is 13.9 Å². The lowest BCUT2D eigenvalue weighted by atomic mass is 10.2. The molecule has 29 heavy (non-hydrogen) atoms. The van der Waals surface area contributed by atoms with Crippen LogP contribution in [0.3, 0.4) is 0 Å². The molecule has 0 unspecified atom stereocenters. The van der Waals surface area contributed by atoms with E-state index in [-0.39, 0.29) is 18.3 Å². The Balaban J connectivity index is 1.47. The predicted octanol–water partition coefficient (Wildman–Crippen LogP) is 6.84. The number of hydrogen-bond acceptors (Lipinski definition) is 4. The molecule has 5 nitrogen and oxygen atoms in total. The van der Waals surface area contributed by atoms with Crippen LogP contribution in [0.2, 0.25) is 5.02 Å². The van der Waals surface area contributed by atoms with E-state index in [0.29, 0.717) is 27.7 Å². The first-order chi connectivity index (χ1) is 14.0. The molecule has 1 N–H and O–H groups in total. The Bertz CT molecular complexity index is 1210. The van der Waals surface area contributed by atoms with Gasteiger partial charge in [0.05, 0.1) is 16.2 Å². The van der Waals surface area contributed by atoms with Crippen LogP contribution in [0.5, 0.6) is 5.75 Å². The second kappa shape index (κ2) is 8.57. The summed E-state index contributed by atoms with van der Waals surface area (Å²) < 4.78 is 13.1. The number of pyridine rings is 1. The van der Waals surface area contributed by atoms with Gasteiger partial charge in [0.1, 0.15) is 18.1 Å². The Morgan fingerprint density at radius 1 is 1.14 bits per heavy atom. The monoisotopic (exact) mass is 534 g/mol. The SMILES string of the molecule is O=C(Nc1ccc(Br)c2cccnc12)c1ccc(COc2ccc(Br)cc2Cl)o1. The molecule has 0 radical (unpaired) electrons. The van der Waals surface area contributed by atoms with E-state index >= 15 is 0 Å². The number of nitrogens with zero attached hydrogens (tertiary/aromatic N) is 1. The van der Waals surface area contributed by atoms with Crippen LogP contribution >= 0.6 is 43.5 Å². The van der Waals surface area contributed by atoms with Gasteiger partial charge in [-0.2, -0.15) is 0 Å². The maximum Gasteiger partial charge on any atom is 0.291 e. The molecule has 0 bridgehead atoms. The summed E-state index contributed by atoms with van der Waals surface area (Å²) in [5.41, 5.74) is 1.29. The van der Waals surface area contributed by atoms with Crippen molar-refractivity contribution in [3.8, 4) is 5.75 Å². The third kappa shape index (κ3) is 4.47. The number of aromatic nitrogens is 1. The standard InChI is InChI=1S/C21H13Br2ClN2O3/c22-12-3-7-18(16(24)10-12)28-11-13-4-8-19(29-13)21(27)26-17-6-5-15(23)14-2-1-9-25-20(14)17/h1-10H,11H2,(H,26,27). The smallest absolute Gasteiger partial charge is 0.291 e. The van der Waals surface area contributed by atoms with E-state index in [1.54, 1.807) is 36.5 Å². The first kappa shape index (κ1) is 19.9. The number of amides is 1. The van der Waals surface area contributed by atoms with E-state index in [4.69, 9.17) is 20.8 Å². The van der Waals surface area contributed by atoms with Crippen LogP contribution in [0, 0.1) is 0 Å². The number of fused-ring (bicyclic) bond motifs is 1. The predicted molar refractivity (Wildman–Crippen MR) is 120 cm³/mol. The minimum Gasteiger partial charge on any atom is -0.484 e. The van der Waals surface area contributed by atoms with Crippen molar-refractivity contribution in [1.29, 1.82) is 0 Å². The summed E-state index contributed by atoms with van der Waals surface area (Å²) in [7, 11) is 0. The van der Waals surface area contributed by atoms with Crippen molar-refractivity contribution in [3.63, 3.8) is 0 Å². The van der Waals surface area contributed by atoms with E-state index in [0.717, 1.165) is 14.3 Å².